The third kappa shape index (κ3) is 2.50. The summed E-state index contributed by atoms with van der Waals surface area (Å²) >= 11 is 0. The van der Waals surface area contributed by atoms with Gasteiger partial charge in [0.05, 0.1) is 0 Å². The summed E-state index contributed by atoms with van der Waals surface area (Å²) in [4.78, 5) is 2.63. The minimum Gasteiger partial charge on any atom is -0.298 e. The largest absolute Gasteiger partial charge is 0.298 e. The monoisotopic (exact) mass is 197 g/mol. The van der Waals surface area contributed by atoms with Crippen molar-refractivity contribution in [2.75, 3.05) is 13.1 Å². The van der Waals surface area contributed by atoms with E-state index in [1.807, 2.05) is 0 Å². The Bertz CT molecular complexity index is 188. The number of hydrogen-bond acceptors (Lipinski definition) is 1. The maximum absolute atomic E-state index is 2.63. The molecule has 14 heavy (non-hydrogen) atoms. The molecule has 1 fully saturated rings. The summed E-state index contributed by atoms with van der Waals surface area (Å²) in [6.07, 6.45) is 2.69. The fourth-order valence-corrected chi connectivity index (χ4v) is 2.30. The van der Waals surface area contributed by atoms with Crippen molar-refractivity contribution in [2.45, 2.75) is 59.9 Å². The summed E-state index contributed by atoms with van der Waals surface area (Å²) in [6, 6.07) is 0. The first-order chi connectivity index (χ1) is 6.27. The Morgan fingerprint density at radius 3 is 2.07 bits per heavy atom. The van der Waals surface area contributed by atoms with Gasteiger partial charge in [-0.3, -0.25) is 4.90 Å². The Kier molecular flexibility index (Phi) is 3.30. The Morgan fingerprint density at radius 2 is 1.71 bits per heavy atom. The topological polar surface area (TPSA) is 3.24 Å². The van der Waals surface area contributed by atoms with E-state index in [0.717, 1.165) is 5.92 Å². The fraction of sp³-hybridized carbons (Fsp3) is 1.00. The molecule has 0 spiro atoms. The van der Waals surface area contributed by atoms with Crippen LogP contribution in [0.25, 0.3) is 0 Å². The molecule has 84 valence electrons. The number of likely N-dealkylation sites (tertiary alicyclic amines) is 1. The van der Waals surface area contributed by atoms with Gasteiger partial charge in [-0.25, -0.2) is 0 Å². The molecule has 0 aromatic carbocycles. The maximum Gasteiger partial charge on any atom is 0.0125 e. The van der Waals surface area contributed by atoms with Crippen molar-refractivity contribution in [3.8, 4) is 0 Å². The maximum atomic E-state index is 2.63. The lowest BCUT2D eigenvalue weighted by molar-refractivity contribution is 0.140. The van der Waals surface area contributed by atoms with Crippen molar-refractivity contribution >= 4 is 0 Å². The van der Waals surface area contributed by atoms with Crippen molar-refractivity contribution in [1.29, 1.82) is 0 Å². The third-order valence-electron chi connectivity index (χ3n) is 4.15. The lowest BCUT2D eigenvalue weighted by atomic mass is 9.76. The van der Waals surface area contributed by atoms with Gasteiger partial charge < -0.3 is 0 Å². The highest BCUT2D eigenvalue weighted by Crippen LogP contribution is 2.38. The van der Waals surface area contributed by atoms with Crippen molar-refractivity contribution in [1.82, 2.24) is 4.90 Å². The highest BCUT2D eigenvalue weighted by Gasteiger charge is 2.37. The third-order valence-corrected chi connectivity index (χ3v) is 4.15. The molecule has 0 bridgehead atoms. The van der Waals surface area contributed by atoms with Crippen LogP contribution in [0.5, 0.6) is 0 Å². The molecule has 1 aliphatic heterocycles. The van der Waals surface area contributed by atoms with Gasteiger partial charge in [0.25, 0.3) is 0 Å². The standard InChI is InChI=1S/C13H27N/c1-7-13(5,6)11-8-9-14(10-11)12(2,3)4/h11H,7-10H2,1-6H3/t11-/m1/s1. The van der Waals surface area contributed by atoms with Crippen LogP contribution in [0.2, 0.25) is 0 Å². The average molecular weight is 197 g/mol. The first-order valence-corrected chi connectivity index (χ1v) is 6.02. The van der Waals surface area contributed by atoms with Crippen molar-refractivity contribution in [3.05, 3.63) is 0 Å². The van der Waals surface area contributed by atoms with Crippen LogP contribution >= 0.6 is 0 Å². The molecule has 0 amide bonds. The summed E-state index contributed by atoms with van der Waals surface area (Å²) < 4.78 is 0. The van der Waals surface area contributed by atoms with Crippen LogP contribution in [0.15, 0.2) is 0 Å². The molecule has 0 aromatic rings. The average Bonchev–Trinajstić information content (AvgIpc) is 2.51. The van der Waals surface area contributed by atoms with Crippen LogP contribution in [0.1, 0.15) is 54.4 Å². The molecule has 0 radical (unpaired) electrons. The zero-order chi connectivity index (χ0) is 11.0. The molecule has 0 N–H and O–H groups in total. The van der Waals surface area contributed by atoms with Crippen LogP contribution in [0, 0.1) is 11.3 Å². The van der Waals surface area contributed by atoms with E-state index in [2.05, 4.69) is 46.4 Å². The van der Waals surface area contributed by atoms with E-state index in [4.69, 9.17) is 0 Å². The summed E-state index contributed by atoms with van der Waals surface area (Å²) in [7, 11) is 0. The number of hydrogen-bond donors (Lipinski definition) is 0. The second-order valence-electron chi connectivity index (χ2n) is 6.44. The molecule has 0 saturated carbocycles. The second-order valence-corrected chi connectivity index (χ2v) is 6.44. The molecule has 1 atom stereocenters. The molecule has 0 aliphatic carbocycles. The van der Waals surface area contributed by atoms with Crippen LogP contribution in [-0.4, -0.2) is 23.5 Å². The van der Waals surface area contributed by atoms with E-state index < -0.39 is 0 Å². The zero-order valence-electron chi connectivity index (χ0n) is 10.9. The molecular formula is C13H27N. The summed E-state index contributed by atoms with van der Waals surface area (Å²) in [5.74, 6) is 0.895. The van der Waals surface area contributed by atoms with Crippen molar-refractivity contribution < 1.29 is 0 Å². The van der Waals surface area contributed by atoms with Gasteiger partial charge >= 0.3 is 0 Å². The molecule has 1 heterocycles. The molecule has 1 rings (SSSR count). The molecule has 1 saturated heterocycles. The highest BCUT2D eigenvalue weighted by molar-refractivity contribution is 4.90. The molecule has 1 heteroatoms. The lowest BCUT2D eigenvalue weighted by Crippen LogP contribution is -2.40. The minimum absolute atomic E-state index is 0.360. The van der Waals surface area contributed by atoms with Gasteiger partial charge in [-0.05, 0) is 45.1 Å². The normalized spacial score (nSPS) is 25.7. The van der Waals surface area contributed by atoms with E-state index in [1.165, 1.54) is 25.9 Å². The second kappa shape index (κ2) is 3.84. The Morgan fingerprint density at radius 1 is 1.14 bits per heavy atom. The smallest absolute Gasteiger partial charge is 0.0125 e. The van der Waals surface area contributed by atoms with E-state index in [1.54, 1.807) is 0 Å². The number of nitrogens with zero attached hydrogens (tertiary/aromatic N) is 1. The Balaban J connectivity index is 2.58. The van der Waals surface area contributed by atoms with Crippen molar-refractivity contribution in [3.63, 3.8) is 0 Å². The van der Waals surface area contributed by atoms with Gasteiger partial charge in [0.1, 0.15) is 0 Å². The van der Waals surface area contributed by atoms with E-state index in [0.29, 0.717) is 11.0 Å². The van der Waals surface area contributed by atoms with E-state index in [9.17, 15) is 0 Å². The first kappa shape index (κ1) is 12.0. The molecular weight excluding hydrogens is 170 g/mol. The van der Waals surface area contributed by atoms with Crippen molar-refractivity contribution in [2.24, 2.45) is 11.3 Å². The van der Waals surface area contributed by atoms with Gasteiger partial charge in [0, 0.05) is 12.1 Å². The Hall–Kier alpha value is -0.0400. The van der Waals surface area contributed by atoms with Crippen LogP contribution in [0.3, 0.4) is 0 Å². The Labute approximate surface area is 89.9 Å². The molecule has 1 aliphatic rings. The first-order valence-electron chi connectivity index (χ1n) is 6.02. The molecule has 0 aromatic heterocycles. The predicted molar refractivity (Wildman–Crippen MR) is 63.5 cm³/mol. The van der Waals surface area contributed by atoms with E-state index in [-0.39, 0.29) is 0 Å². The van der Waals surface area contributed by atoms with Gasteiger partial charge in [-0.15, -0.1) is 0 Å². The van der Waals surface area contributed by atoms with Crippen LogP contribution in [0.4, 0.5) is 0 Å². The van der Waals surface area contributed by atoms with Gasteiger partial charge in [-0.1, -0.05) is 27.2 Å². The van der Waals surface area contributed by atoms with Gasteiger partial charge in [0.2, 0.25) is 0 Å². The molecule has 0 unspecified atom stereocenters. The van der Waals surface area contributed by atoms with E-state index >= 15 is 0 Å². The molecule has 1 nitrogen and oxygen atoms in total. The van der Waals surface area contributed by atoms with Gasteiger partial charge in [-0.2, -0.15) is 0 Å². The fourth-order valence-electron chi connectivity index (χ4n) is 2.30. The highest BCUT2D eigenvalue weighted by atomic mass is 15.2. The van der Waals surface area contributed by atoms with Crippen LogP contribution < -0.4 is 0 Å². The lowest BCUT2D eigenvalue weighted by Gasteiger charge is -2.35. The quantitative estimate of drug-likeness (QED) is 0.654. The SMILES string of the molecule is CCC(C)(C)[C@@H]1CCN(C(C)(C)C)C1. The number of rotatable bonds is 2. The predicted octanol–water partition coefficient (Wildman–Crippen LogP) is 3.54. The zero-order valence-corrected chi connectivity index (χ0v) is 10.9. The minimum atomic E-state index is 0.360. The summed E-state index contributed by atoms with van der Waals surface area (Å²) in [6.45, 7) is 16.7. The van der Waals surface area contributed by atoms with Gasteiger partial charge in [0.15, 0.2) is 0 Å². The summed E-state index contributed by atoms with van der Waals surface area (Å²) in [5, 5.41) is 0. The summed E-state index contributed by atoms with van der Waals surface area (Å²) in [5.41, 5.74) is 0.887. The van der Waals surface area contributed by atoms with Crippen LogP contribution in [-0.2, 0) is 0 Å².